The van der Waals surface area contributed by atoms with Gasteiger partial charge in [-0.2, -0.15) is 0 Å². The van der Waals surface area contributed by atoms with Crippen molar-refractivity contribution in [3.8, 4) is 11.3 Å². The second-order valence-corrected chi connectivity index (χ2v) is 5.10. The first kappa shape index (κ1) is 13.2. The van der Waals surface area contributed by atoms with Crippen molar-refractivity contribution in [2.24, 2.45) is 7.05 Å². The van der Waals surface area contributed by atoms with Crippen LogP contribution in [-0.2, 0) is 13.5 Å². The number of aliphatic hydroxyl groups excluding tert-OH is 1. The zero-order valence-electron chi connectivity index (χ0n) is 11.0. The van der Waals surface area contributed by atoms with E-state index in [9.17, 15) is 0 Å². The smallest absolute Gasteiger partial charge is 0.111 e. The molecule has 96 valence electrons. The summed E-state index contributed by atoms with van der Waals surface area (Å²) in [6.45, 7) is 2.20. The fourth-order valence-electron chi connectivity index (χ4n) is 1.98. The average Bonchev–Trinajstić information content (AvgIpc) is 2.68. The lowest BCUT2D eigenvalue weighted by Crippen LogP contribution is -2.01. The molecule has 2 rings (SSSR count). The van der Waals surface area contributed by atoms with Crippen molar-refractivity contribution >= 4 is 11.8 Å². The van der Waals surface area contributed by atoms with Gasteiger partial charge >= 0.3 is 0 Å². The van der Waals surface area contributed by atoms with Crippen molar-refractivity contribution in [2.75, 3.05) is 12.9 Å². The molecular weight excluding hydrogens is 244 g/mol. The first-order chi connectivity index (χ1) is 8.67. The summed E-state index contributed by atoms with van der Waals surface area (Å²) in [5, 5.41) is 9.03. The summed E-state index contributed by atoms with van der Waals surface area (Å²) in [6, 6.07) is 8.42. The maximum Gasteiger partial charge on any atom is 0.111 e. The number of aliphatic hydroxyl groups is 1. The molecule has 0 saturated carbocycles. The number of thioether (sulfide) groups is 1. The maximum absolute atomic E-state index is 9.03. The Morgan fingerprint density at radius 2 is 1.94 bits per heavy atom. The first-order valence-electron chi connectivity index (χ1n) is 5.95. The van der Waals surface area contributed by atoms with E-state index in [1.54, 1.807) is 11.8 Å². The Hall–Kier alpha value is -1.26. The van der Waals surface area contributed by atoms with E-state index in [4.69, 9.17) is 5.11 Å². The van der Waals surface area contributed by atoms with Crippen molar-refractivity contribution in [1.82, 2.24) is 9.55 Å². The van der Waals surface area contributed by atoms with E-state index in [1.807, 2.05) is 11.6 Å². The number of aromatic nitrogens is 2. The van der Waals surface area contributed by atoms with Crippen LogP contribution in [0.3, 0.4) is 0 Å². The van der Waals surface area contributed by atoms with Gasteiger partial charge in [0, 0.05) is 29.6 Å². The van der Waals surface area contributed by atoms with Crippen LogP contribution < -0.4 is 0 Å². The molecule has 18 heavy (non-hydrogen) atoms. The molecule has 1 aromatic heterocycles. The summed E-state index contributed by atoms with van der Waals surface area (Å²) < 4.78 is 2.05. The molecule has 0 aliphatic heterocycles. The van der Waals surface area contributed by atoms with Crippen molar-refractivity contribution in [2.45, 2.75) is 18.2 Å². The zero-order valence-corrected chi connectivity index (χ0v) is 11.8. The molecule has 3 nitrogen and oxygen atoms in total. The zero-order chi connectivity index (χ0) is 13.1. The third-order valence-corrected chi connectivity index (χ3v) is 3.92. The highest BCUT2D eigenvalue weighted by Gasteiger charge is 2.12. The largest absolute Gasteiger partial charge is 0.396 e. The van der Waals surface area contributed by atoms with Crippen LogP contribution in [0.2, 0.25) is 0 Å². The number of hydrogen-bond acceptors (Lipinski definition) is 3. The number of benzene rings is 1. The summed E-state index contributed by atoms with van der Waals surface area (Å²) in [7, 11) is 1.99. The lowest BCUT2D eigenvalue weighted by atomic mass is 10.1. The lowest BCUT2D eigenvalue weighted by Gasteiger charge is -2.02. The van der Waals surface area contributed by atoms with Crippen molar-refractivity contribution < 1.29 is 5.11 Å². The van der Waals surface area contributed by atoms with Gasteiger partial charge in [-0.25, -0.2) is 4.98 Å². The molecule has 0 amide bonds. The highest BCUT2D eigenvalue weighted by Crippen LogP contribution is 2.25. The van der Waals surface area contributed by atoms with Gasteiger partial charge < -0.3 is 9.67 Å². The van der Waals surface area contributed by atoms with Crippen molar-refractivity contribution in [3.63, 3.8) is 0 Å². The molecule has 1 aromatic carbocycles. The molecule has 0 aliphatic rings. The molecule has 2 aromatic rings. The van der Waals surface area contributed by atoms with E-state index >= 15 is 0 Å². The quantitative estimate of drug-likeness (QED) is 0.861. The Kier molecular flexibility index (Phi) is 4.09. The summed E-state index contributed by atoms with van der Waals surface area (Å²) >= 11 is 1.73. The summed E-state index contributed by atoms with van der Waals surface area (Å²) in [4.78, 5) is 5.87. The second kappa shape index (κ2) is 5.59. The SMILES string of the molecule is CSc1ccc(-c2nc(CCO)n(C)c2C)cc1. The summed E-state index contributed by atoms with van der Waals surface area (Å²) in [5.74, 6) is 0.930. The van der Waals surface area contributed by atoms with Gasteiger partial charge in [-0.15, -0.1) is 11.8 Å². The minimum atomic E-state index is 0.134. The monoisotopic (exact) mass is 262 g/mol. The fraction of sp³-hybridized carbons (Fsp3) is 0.357. The van der Waals surface area contributed by atoms with E-state index in [-0.39, 0.29) is 6.61 Å². The Labute approximate surface area is 112 Å². The third-order valence-electron chi connectivity index (χ3n) is 3.17. The molecule has 0 aliphatic carbocycles. The van der Waals surface area contributed by atoms with Crippen LogP contribution in [0.15, 0.2) is 29.2 Å². The van der Waals surface area contributed by atoms with Gasteiger partial charge in [0.25, 0.3) is 0 Å². The van der Waals surface area contributed by atoms with Crippen molar-refractivity contribution in [1.29, 1.82) is 0 Å². The topological polar surface area (TPSA) is 38.1 Å². The second-order valence-electron chi connectivity index (χ2n) is 4.22. The minimum absolute atomic E-state index is 0.134. The van der Waals surface area contributed by atoms with E-state index in [2.05, 4.69) is 42.4 Å². The predicted molar refractivity (Wildman–Crippen MR) is 76.0 cm³/mol. The molecule has 0 spiro atoms. The van der Waals surface area contributed by atoms with Crippen LogP contribution in [0.1, 0.15) is 11.5 Å². The molecule has 1 heterocycles. The van der Waals surface area contributed by atoms with E-state index in [0.717, 1.165) is 22.8 Å². The Morgan fingerprint density at radius 3 is 2.50 bits per heavy atom. The highest BCUT2D eigenvalue weighted by molar-refractivity contribution is 7.98. The molecule has 1 N–H and O–H groups in total. The van der Waals surface area contributed by atoms with Crippen LogP contribution in [0.4, 0.5) is 0 Å². The molecule has 0 bridgehead atoms. The highest BCUT2D eigenvalue weighted by atomic mass is 32.2. The van der Waals surface area contributed by atoms with E-state index in [1.165, 1.54) is 4.90 Å². The normalized spacial score (nSPS) is 10.9. The van der Waals surface area contributed by atoms with Gasteiger partial charge in [0.05, 0.1) is 12.3 Å². The van der Waals surface area contributed by atoms with E-state index < -0.39 is 0 Å². The van der Waals surface area contributed by atoms with Gasteiger partial charge in [-0.3, -0.25) is 0 Å². The molecule has 0 radical (unpaired) electrons. The summed E-state index contributed by atoms with van der Waals surface area (Å²) in [6.07, 6.45) is 2.67. The molecule has 0 saturated heterocycles. The van der Waals surface area contributed by atoms with Crippen LogP contribution in [-0.4, -0.2) is 27.5 Å². The number of hydrogen-bond donors (Lipinski definition) is 1. The Balaban J connectivity index is 2.40. The Morgan fingerprint density at radius 1 is 1.28 bits per heavy atom. The van der Waals surface area contributed by atoms with Crippen LogP contribution in [0.5, 0.6) is 0 Å². The van der Waals surface area contributed by atoms with Gasteiger partial charge in [-0.1, -0.05) is 12.1 Å². The van der Waals surface area contributed by atoms with Gasteiger partial charge in [-0.05, 0) is 25.3 Å². The number of imidazole rings is 1. The van der Waals surface area contributed by atoms with Gasteiger partial charge in [0.15, 0.2) is 0 Å². The van der Waals surface area contributed by atoms with Gasteiger partial charge in [0.1, 0.15) is 5.82 Å². The predicted octanol–water partition coefficient (Wildman–Crippen LogP) is 2.65. The van der Waals surface area contributed by atoms with Crippen LogP contribution in [0.25, 0.3) is 11.3 Å². The third kappa shape index (κ3) is 2.44. The summed E-state index contributed by atoms with van der Waals surface area (Å²) in [5.41, 5.74) is 3.27. The fourth-order valence-corrected chi connectivity index (χ4v) is 2.39. The maximum atomic E-state index is 9.03. The number of rotatable bonds is 4. The minimum Gasteiger partial charge on any atom is -0.396 e. The molecule has 4 heteroatoms. The van der Waals surface area contributed by atoms with Crippen LogP contribution >= 0.6 is 11.8 Å². The Bertz CT molecular complexity index is 531. The molecule has 0 unspecified atom stereocenters. The number of nitrogens with zero attached hydrogens (tertiary/aromatic N) is 2. The van der Waals surface area contributed by atoms with E-state index in [0.29, 0.717) is 6.42 Å². The average molecular weight is 262 g/mol. The molecular formula is C14H18N2OS. The molecule has 0 atom stereocenters. The molecule has 0 fully saturated rings. The first-order valence-corrected chi connectivity index (χ1v) is 7.17. The standard InChI is InChI=1S/C14H18N2OS/c1-10-14(15-13(8-9-17)16(10)2)11-4-6-12(18-3)7-5-11/h4-7,17H,8-9H2,1-3H3. The lowest BCUT2D eigenvalue weighted by molar-refractivity contribution is 0.295. The van der Waals surface area contributed by atoms with Crippen molar-refractivity contribution in [3.05, 3.63) is 35.8 Å². The van der Waals surface area contributed by atoms with Crippen LogP contribution in [0, 0.1) is 6.92 Å². The van der Waals surface area contributed by atoms with Gasteiger partial charge in [0.2, 0.25) is 0 Å².